The van der Waals surface area contributed by atoms with Crippen LogP contribution in [-0.2, 0) is 12.8 Å². The van der Waals surface area contributed by atoms with Crippen LogP contribution in [0.3, 0.4) is 0 Å². The number of thioether (sulfide) groups is 1. The Balaban J connectivity index is 1.87. The molecule has 106 valence electrons. The molecule has 0 aliphatic heterocycles. The lowest BCUT2D eigenvalue weighted by molar-refractivity contribution is 0.102. The van der Waals surface area contributed by atoms with Gasteiger partial charge in [-0.15, -0.1) is 23.1 Å². The third kappa shape index (κ3) is 2.69. The number of hydrogen-bond acceptors (Lipinski definition) is 4. The van der Waals surface area contributed by atoms with Crippen molar-refractivity contribution in [3.05, 3.63) is 45.8 Å². The summed E-state index contributed by atoms with van der Waals surface area (Å²) in [4.78, 5) is 14.7. The number of amides is 1. The first kappa shape index (κ1) is 14.2. The van der Waals surface area contributed by atoms with Gasteiger partial charge in [0.2, 0.25) is 0 Å². The van der Waals surface area contributed by atoms with Gasteiger partial charge >= 0.3 is 0 Å². The van der Waals surface area contributed by atoms with Gasteiger partial charge in [0.05, 0.1) is 5.56 Å². The lowest BCUT2D eigenvalue weighted by Gasteiger charge is -2.05. The SMILES string of the molecule is CSc1cccc(C(=O)Nc2sc3c(c2C#N)CCC3)c1. The van der Waals surface area contributed by atoms with E-state index in [0.29, 0.717) is 16.1 Å². The van der Waals surface area contributed by atoms with Crippen molar-refractivity contribution in [2.45, 2.75) is 24.2 Å². The second-order valence-electron chi connectivity index (χ2n) is 4.86. The zero-order chi connectivity index (χ0) is 14.8. The average Bonchev–Trinajstić information content (AvgIpc) is 3.07. The molecule has 0 fully saturated rings. The first-order valence-electron chi connectivity index (χ1n) is 6.73. The summed E-state index contributed by atoms with van der Waals surface area (Å²) >= 11 is 3.15. The Hall–Kier alpha value is -1.77. The molecule has 0 atom stereocenters. The molecule has 3 rings (SSSR count). The van der Waals surface area contributed by atoms with Gasteiger partial charge in [-0.3, -0.25) is 4.79 Å². The summed E-state index contributed by atoms with van der Waals surface area (Å²) in [5.74, 6) is -0.151. The molecule has 1 N–H and O–H groups in total. The predicted octanol–water partition coefficient (Wildman–Crippen LogP) is 4.08. The number of aryl methyl sites for hydroxylation is 1. The summed E-state index contributed by atoms with van der Waals surface area (Å²) in [6, 6.07) is 9.76. The highest BCUT2D eigenvalue weighted by Gasteiger charge is 2.23. The van der Waals surface area contributed by atoms with Crippen molar-refractivity contribution in [2.24, 2.45) is 0 Å². The van der Waals surface area contributed by atoms with Gasteiger partial charge in [-0.1, -0.05) is 6.07 Å². The third-order valence-electron chi connectivity index (χ3n) is 3.59. The van der Waals surface area contributed by atoms with Gasteiger partial charge < -0.3 is 5.32 Å². The Morgan fingerprint density at radius 1 is 1.43 bits per heavy atom. The normalized spacial score (nSPS) is 12.8. The molecular formula is C16H14N2OS2. The Morgan fingerprint density at radius 2 is 2.29 bits per heavy atom. The van der Waals surface area contributed by atoms with E-state index in [2.05, 4.69) is 11.4 Å². The highest BCUT2D eigenvalue weighted by atomic mass is 32.2. The minimum Gasteiger partial charge on any atom is -0.312 e. The van der Waals surface area contributed by atoms with Crippen molar-refractivity contribution >= 4 is 34.0 Å². The van der Waals surface area contributed by atoms with Crippen LogP contribution in [-0.4, -0.2) is 12.2 Å². The van der Waals surface area contributed by atoms with Crippen molar-refractivity contribution < 1.29 is 4.79 Å². The summed E-state index contributed by atoms with van der Waals surface area (Å²) in [5.41, 5.74) is 2.41. The van der Waals surface area contributed by atoms with Crippen molar-refractivity contribution in [2.75, 3.05) is 11.6 Å². The van der Waals surface area contributed by atoms with Crippen molar-refractivity contribution in [1.29, 1.82) is 5.26 Å². The Kier molecular flexibility index (Phi) is 4.00. The molecule has 3 nitrogen and oxygen atoms in total. The first-order valence-corrected chi connectivity index (χ1v) is 8.77. The molecule has 0 spiro atoms. The Bertz CT molecular complexity index is 743. The fraction of sp³-hybridized carbons (Fsp3) is 0.250. The van der Waals surface area contributed by atoms with E-state index in [1.807, 2.05) is 24.5 Å². The molecule has 1 aromatic heterocycles. The van der Waals surface area contributed by atoms with E-state index < -0.39 is 0 Å². The molecule has 1 aliphatic rings. The van der Waals surface area contributed by atoms with E-state index in [0.717, 1.165) is 29.7 Å². The van der Waals surface area contributed by atoms with Crippen LogP contribution < -0.4 is 5.32 Å². The maximum atomic E-state index is 12.4. The molecule has 1 heterocycles. The number of nitriles is 1. The van der Waals surface area contributed by atoms with Gasteiger partial charge in [-0.25, -0.2) is 0 Å². The Labute approximate surface area is 132 Å². The van der Waals surface area contributed by atoms with Crippen LogP contribution in [0.1, 0.15) is 32.8 Å². The highest BCUT2D eigenvalue weighted by molar-refractivity contribution is 7.98. The molecule has 2 aromatic rings. The maximum absolute atomic E-state index is 12.4. The summed E-state index contributed by atoms with van der Waals surface area (Å²) in [5, 5.41) is 12.9. The van der Waals surface area contributed by atoms with E-state index in [9.17, 15) is 10.1 Å². The fourth-order valence-electron chi connectivity index (χ4n) is 2.55. The van der Waals surface area contributed by atoms with Crippen LogP contribution in [0.25, 0.3) is 0 Å². The number of benzene rings is 1. The molecule has 0 saturated carbocycles. The van der Waals surface area contributed by atoms with Crippen LogP contribution in [0.5, 0.6) is 0 Å². The van der Waals surface area contributed by atoms with Crippen LogP contribution >= 0.6 is 23.1 Å². The molecule has 0 unspecified atom stereocenters. The fourth-order valence-corrected chi connectivity index (χ4v) is 4.24. The number of nitrogens with one attached hydrogen (secondary N) is 1. The van der Waals surface area contributed by atoms with Gasteiger partial charge in [0, 0.05) is 15.3 Å². The molecule has 0 radical (unpaired) electrons. The quantitative estimate of drug-likeness (QED) is 0.868. The topological polar surface area (TPSA) is 52.9 Å². The minimum absolute atomic E-state index is 0.151. The number of hydrogen-bond donors (Lipinski definition) is 1. The molecule has 1 aliphatic carbocycles. The maximum Gasteiger partial charge on any atom is 0.256 e. The second kappa shape index (κ2) is 5.92. The lowest BCUT2D eigenvalue weighted by Crippen LogP contribution is -2.11. The van der Waals surface area contributed by atoms with Crippen molar-refractivity contribution in [1.82, 2.24) is 0 Å². The largest absolute Gasteiger partial charge is 0.312 e. The highest BCUT2D eigenvalue weighted by Crippen LogP contribution is 2.38. The van der Waals surface area contributed by atoms with Crippen molar-refractivity contribution in [3.63, 3.8) is 0 Å². The molecule has 1 amide bonds. The number of carbonyl (C=O) groups excluding carboxylic acids is 1. The van der Waals surface area contributed by atoms with Gasteiger partial charge in [0.1, 0.15) is 11.1 Å². The standard InChI is InChI=1S/C16H14N2OS2/c1-20-11-5-2-4-10(8-11)15(19)18-16-13(9-17)12-6-3-7-14(12)21-16/h2,4-5,8H,3,6-7H2,1H3,(H,18,19). The van der Waals surface area contributed by atoms with E-state index in [1.165, 1.54) is 4.88 Å². The summed E-state index contributed by atoms with van der Waals surface area (Å²) in [7, 11) is 0. The number of carbonyl (C=O) groups is 1. The minimum atomic E-state index is -0.151. The number of anilines is 1. The number of nitrogens with zero attached hydrogens (tertiary/aromatic N) is 1. The third-order valence-corrected chi connectivity index (χ3v) is 5.52. The van der Waals surface area contributed by atoms with E-state index in [-0.39, 0.29) is 5.91 Å². The number of rotatable bonds is 3. The zero-order valence-electron chi connectivity index (χ0n) is 11.6. The molecular weight excluding hydrogens is 300 g/mol. The first-order chi connectivity index (χ1) is 10.2. The van der Waals surface area contributed by atoms with Crippen LogP contribution in [0.4, 0.5) is 5.00 Å². The van der Waals surface area contributed by atoms with Gasteiger partial charge in [0.25, 0.3) is 5.91 Å². The second-order valence-corrected chi connectivity index (χ2v) is 6.84. The number of fused-ring (bicyclic) bond motifs is 1. The van der Waals surface area contributed by atoms with E-state index in [1.54, 1.807) is 29.2 Å². The lowest BCUT2D eigenvalue weighted by atomic mass is 10.1. The van der Waals surface area contributed by atoms with Crippen LogP contribution in [0, 0.1) is 11.3 Å². The average molecular weight is 314 g/mol. The summed E-state index contributed by atoms with van der Waals surface area (Å²) < 4.78 is 0. The smallest absolute Gasteiger partial charge is 0.256 e. The van der Waals surface area contributed by atoms with Crippen LogP contribution in [0.2, 0.25) is 0 Å². The predicted molar refractivity (Wildman–Crippen MR) is 87.2 cm³/mol. The zero-order valence-corrected chi connectivity index (χ0v) is 13.2. The van der Waals surface area contributed by atoms with Crippen molar-refractivity contribution in [3.8, 4) is 6.07 Å². The van der Waals surface area contributed by atoms with Gasteiger partial charge in [0.15, 0.2) is 0 Å². The Morgan fingerprint density at radius 3 is 3.05 bits per heavy atom. The van der Waals surface area contributed by atoms with E-state index in [4.69, 9.17) is 0 Å². The van der Waals surface area contributed by atoms with E-state index >= 15 is 0 Å². The van der Waals surface area contributed by atoms with Crippen LogP contribution in [0.15, 0.2) is 29.2 Å². The van der Waals surface area contributed by atoms with Gasteiger partial charge in [-0.05, 0) is 49.3 Å². The monoisotopic (exact) mass is 314 g/mol. The van der Waals surface area contributed by atoms with Gasteiger partial charge in [-0.2, -0.15) is 5.26 Å². The molecule has 0 bridgehead atoms. The number of thiophene rings is 1. The molecule has 1 aromatic carbocycles. The summed E-state index contributed by atoms with van der Waals surface area (Å²) in [6.45, 7) is 0. The molecule has 0 saturated heterocycles. The molecule has 21 heavy (non-hydrogen) atoms. The molecule has 5 heteroatoms. The summed E-state index contributed by atoms with van der Waals surface area (Å²) in [6.07, 6.45) is 5.06.